The third-order valence-corrected chi connectivity index (χ3v) is 4.53. The van der Waals surface area contributed by atoms with Gasteiger partial charge in [0.05, 0.1) is 0 Å². The molecule has 0 aromatic rings. The zero-order valence-electron chi connectivity index (χ0n) is 10.8. The Morgan fingerprint density at radius 1 is 0.833 bits per heavy atom. The van der Waals surface area contributed by atoms with Crippen molar-refractivity contribution in [2.45, 2.75) is 63.5 Å². The van der Waals surface area contributed by atoms with Gasteiger partial charge < -0.3 is 10.6 Å². The molecule has 2 atom stereocenters. The van der Waals surface area contributed by atoms with Crippen LogP contribution in [0.1, 0.15) is 51.4 Å². The number of carbonyl (C=O) groups excluding carboxylic acids is 2. The lowest BCUT2D eigenvalue weighted by Crippen LogP contribution is -2.42. The van der Waals surface area contributed by atoms with Crippen molar-refractivity contribution in [3.05, 3.63) is 0 Å². The second kappa shape index (κ2) is 4.90. The molecule has 2 amide bonds. The van der Waals surface area contributed by atoms with Crippen LogP contribution in [0.25, 0.3) is 0 Å². The van der Waals surface area contributed by atoms with Crippen LogP contribution in [0, 0.1) is 11.8 Å². The van der Waals surface area contributed by atoms with Crippen molar-refractivity contribution in [3.8, 4) is 0 Å². The van der Waals surface area contributed by atoms with E-state index in [1.807, 2.05) is 0 Å². The molecule has 0 aliphatic heterocycles. The Bertz CT molecular complexity index is 346. The smallest absolute Gasteiger partial charge is 0.309 e. The molecule has 0 spiro atoms. The van der Waals surface area contributed by atoms with Gasteiger partial charge in [0.15, 0.2) is 0 Å². The maximum absolute atomic E-state index is 11.7. The third-order valence-electron chi connectivity index (χ3n) is 4.53. The molecule has 0 heterocycles. The van der Waals surface area contributed by atoms with E-state index >= 15 is 0 Å². The molecule has 0 radical (unpaired) electrons. The largest absolute Gasteiger partial charge is 0.345 e. The average Bonchev–Trinajstić information content (AvgIpc) is 3.26. The average molecular weight is 250 g/mol. The van der Waals surface area contributed by atoms with Gasteiger partial charge in [-0.05, 0) is 31.1 Å². The van der Waals surface area contributed by atoms with Gasteiger partial charge in [0, 0.05) is 12.1 Å². The maximum Gasteiger partial charge on any atom is 0.309 e. The summed E-state index contributed by atoms with van der Waals surface area (Å²) in [5.74, 6) is 0.565. The van der Waals surface area contributed by atoms with E-state index in [0.717, 1.165) is 25.2 Å². The van der Waals surface area contributed by atoms with Gasteiger partial charge in [0.2, 0.25) is 0 Å². The van der Waals surface area contributed by atoms with Gasteiger partial charge in [-0.15, -0.1) is 0 Å². The Balaban J connectivity index is 1.40. The highest BCUT2D eigenvalue weighted by Gasteiger charge is 2.44. The van der Waals surface area contributed by atoms with Gasteiger partial charge in [-0.1, -0.05) is 32.1 Å². The molecule has 18 heavy (non-hydrogen) atoms. The van der Waals surface area contributed by atoms with Crippen molar-refractivity contribution in [3.63, 3.8) is 0 Å². The van der Waals surface area contributed by atoms with E-state index < -0.39 is 11.8 Å². The minimum atomic E-state index is -0.438. The molecule has 3 saturated carbocycles. The van der Waals surface area contributed by atoms with E-state index in [1.54, 1.807) is 0 Å². The molecule has 0 saturated heterocycles. The topological polar surface area (TPSA) is 58.2 Å². The molecular weight excluding hydrogens is 228 g/mol. The molecule has 0 aromatic carbocycles. The molecule has 3 aliphatic rings. The number of hydrogen-bond donors (Lipinski definition) is 2. The summed E-state index contributed by atoms with van der Waals surface area (Å²) in [4.78, 5) is 23.2. The summed E-state index contributed by atoms with van der Waals surface area (Å²) in [5, 5.41) is 5.61. The highest BCUT2D eigenvalue weighted by molar-refractivity contribution is 6.35. The molecule has 0 unspecified atom stereocenters. The van der Waals surface area contributed by atoms with Crippen LogP contribution in [0.5, 0.6) is 0 Å². The lowest BCUT2D eigenvalue weighted by atomic mass is 9.85. The Morgan fingerprint density at radius 3 is 2.17 bits per heavy atom. The number of carbonyl (C=O) groups is 2. The van der Waals surface area contributed by atoms with Crippen molar-refractivity contribution in [2.24, 2.45) is 11.8 Å². The predicted molar refractivity (Wildman–Crippen MR) is 67.8 cm³/mol. The van der Waals surface area contributed by atoms with E-state index in [4.69, 9.17) is 0 Å². The molecule has 2 N–H and O–H groups in total. The van der Waals surface area contributed by atoms with E-state index in [9.17, 15) is 9.59 Å². The highest BCUT2D eigenvalue weighted by atomic mass is 16.2. The van der Waals surface area contributed by atoms with Gasteiger partial charge in [-0.2, -0.15) is 0 Å². The molecule has 0 aromatic heterocycles. The number of amides is 2. The Kier molecular flexibility index (Phi) is 3.27. The van der Waals surface area contributed by atoms with E-state index in [2.05, 4.69) is 10.6 Å². The van der Waals surface area contributed by atoms with Gasteiger partial charge in [-0.25, -0.2) is 0 Å². The monoisotopic (exact) mass is 250 g/mol. The lowest BCUT2D eigenvalue weighted by molar-refractivity contribution is -0.139. The van der Waals surface area contributed by atoms with Crippen LogP contribution in [0.4, 0.5) is 0 Å². The quantitative estimate of drug-likeness (QED) is 0.743. The summed E-state index contributed by atoms with van der Waals surface area (Å²) >= 11 is 0. The minimum Gasteiger partial charge on any atom is -0.345 e. The van der Waals surface area contributed by atoms with Gasteiger partial charge in [-0.3, -0.25) is 9.59 Å². The van der Waals surface area contributed by atoms with Crippen LogP contribution >= 0.6 is 0 Å². The van der Waals surface area contributed by atoms with Crippen LogP contribution in [-0.4, -0.2) is 23.9 Å². The first-order valence-electron chi connectivity index (χ1n) is 7.35. The Hall–Kier alpha value is -1.06. The van der Waals surface area contributed by atoms with Crippen LogP contribution in [-0.2, 0) is 9.59 Å². The fourth-order valence-corrected chi connectivity index (χ4v) is 3.18. The van der Waals surface area contributed by atoms with E-state index in [-0.39, 0.29) is 12.1 Å². The normalized spacial score (nSPS) is 31.8. The van der Waals surface area contributed by atoms with Crippen molar-refractivity contribution in [2.75, 3.05) is 0 Å². The molecule has 100 valence electrons. The van der Waals surface area contributed by atoms with Gasteiger partial charge in [0.1, 0.15) is 0 Å². The summed E-state index contributed by atoms with van der Waals surface area (Å²) in [5.41, 5.74) is 0. The second-order valence-electron chi connectivity index (χ2n) is 6.13. The third kappa shape index (κ3) is 2.85. The second-order valence-corrected chi connectivity index (χ2v) is 6.13. The van der Waals surface area contributed by atoms with E-state index in [0.29, 0.717) is 5.92 Å². The molecule has 3 rings (SSSR count). The van der Waals surface area contributed by atoms with Gasteiger partial charge >= 0.3 is 11.8 Å². The zero-order valence-corrected chi connectivity index (χ0v) is 10.8. The minimum absolute atomic E-state index is 0.261. The molecule has 3 aliphatic carbocycles. The molecule has 4 heteroatoms. The summed E-state index contributed by atoms with van der Waals surface area (Å²) in [6.45, 7) is 0. The standard InChI is InChI=1S/C14H22N2O2/c17-13(15-10-6-7-10)14(18)16-12-8-11(12)9-4-2-1-3-5-9/h9-12H,1-8H2,(H,15,17)(H,16,18)/t11-,12-/m1/s1. The van der Waals surface area contributed by atoms with Crippen LogP contribution in [0.15, 0.2) is 0 Å². The number of rotatable bonds is 3. The van der Waals surface area contributed by atoms with Crippen LogP contribution in [0.3, 0.4) is 0 Å². The first-order chi connectivity index (χ1) is 8.74. The van der Waals surface area contributed by atoms with Crippen molar-refractivity contribution < 1.29 is 9.59 Å². The van der Waals surface area contributed by atoms with Crippen LogP contribution < -0.4 is 10.6 Å². The van der Waals surface area contributed by atoms with E-state index in [1.165, 1.54) is 32.1 Å². The maximum atomic E-state index is 11.7. The first-order valence-corrected chi connectivity index (χ1v) is 7.35. The molecule has 3 fully saturated rings. The molecular formula is C14H22N2O2. The zero-order chi connectivity index (χ0) is 12.5. The SMILES string of the molecule is O=C(NC1CC1)C(=O)N[C@@H]1C[C@@H]1C1CCCCC1. The van der Waals surface area contributed by atoms with Gasteiger partial charge in [0.25, 0.3) is 0 Å². The first kappa shape index (κ1) is 12.0. The number of hydrogen-bond acceptors (Lipinski definition) is 2. The summed E-state index contributed by atoms with van der Waals surface area (Å²) in [7, 11) is 0. The van der Waals surface area contributed by atoms with Crippen molar-refractivity contribution >= 4 is 11.8 Å². The summed E-state index contributed by atoms with van der Waals surface area (Å²) < 4.78 is 0. The fourth-order valence-electron chi connectivity index (χ4n) is 3.18. The lowest BCUT2D eigenvalue weighted by Gasteiger charge is -2.21. The molecule has 4 nitrogen and oxygen atoms in total. The van der Waals surface area contributed by atoms with Crippen LogP contribution in [0.2, 0.25) is 0 Å². The summed E-state index contributed by atoms with van der Waals surface area (Å²) in [6, 6.07) is 0.530. The Labute approximate surface area is 108 Å². The van der Waals surface area contributed by atoms with Crippen molar-refractivity contribution in [1.82, 2.24) is 10.6 Å². The van der Waals surface area contributed by atoms with Crippen molar-refractivity contribution in [1.29, 1.82) is 0 Å². The Morgan fingerprint density at radius 2 is 1.50 bits per heavy atom. The number of nitrogens with one attached hydrogen (secondary N) is 2. The highest BCUT2D eigenvalue weighted by Crippen LogP contribution is 2.44. The molecule has 0 bridgehead atoms. The summed E-state index contributed by atoms with van der Waals surface area (Å²) in [6.07, 6.45) is 9.78. The fraction of sp³-hybridized carbons (Fsp3) is 0.857. The predicted octanol–water partition coefficient (Wildman–Crippen LogP) is 1.35.